The van der Waals surface area contributed by atoms with Crippen LogP contribution in [0.1, 0.15) is 10.4 Å². The van der Waals surface area contributed by atoms with Crippen LogP contribution in [-0.4, -0.2) is 22.4 Å². The SMILES string of the molecule is COc1ccc(-c2nsc(NC(=O)c3c(Cl)cccc3Cl)n2)cc1. The molecule has 0 aliphatic heterocycles. The fourth-order valence-electron chi connectivity index (χ4n) is 2.01. The van der Waals surface area contributed by atoms with Gasteiger partial charge in [-0.25, -0.2) is 0 Å². The lowest BCUT2D eigenvalue weighted by Crippen LogP contribution is -2.12. The number of hydrogen-bond donors (Lipinski definition) is 1. The van der Waals surface area contributed by atoms with Crippen LogP contribution in [0.3, 0.4) is 0 Å². The van der Waals surface area contributed by atoms with Crippen molar-refractivity contribution in [1.82, 2.24) is 9.36 Å². The normalized spacial score (nSPS) is 10.5. The Morgan fingerprint density at radius 1 is 1.12 bits per heavy atom. The van der Waals surface area contributed by atoms with Crippen LogP contribution < -0.4 is 10.1 Å². The Morgan fingerprint density at radius 3 is 2.42 bits per heavy atom. The number of rotatable bonds is 4. The topological polar surface area (TPSA) is 64.1 Å². The summed E-state index contributed by atoms with van der Waals surface area (Å²) in [5, 5.41) is 3.58. The van der Waals surface area contributed by atoms with E-state index in [1.165, 1.54) is 0 Å². The standard InChI is InChI=1S/C16H11Cl2N3O2S/c1-23-10-7-5-9(6-8-10)14-19-16(24-21-14)20-15(22)13-11(17)3-2-4-12(13)18/h2-8H,1H3,(H,19,20,21,22). The van der Waals surface area contributed by atoms with Gasteiger partial charge in [0.05, 0.1) is 22.7 Å². The molecule has 0 aliphatic carbocycles. The van der Waals surface area contributed by atoms with Crippen molar-refractivity contribution in [2.75, 3.05) is 12.4 Å². The number of carbonyl (C=O) groups excluding carboxylic acids is 1. The zero-order chi connectivity index (χ0) is 17.1. The Labute approximate surface area is 152 Å². The molecular formula is C16H11Cl2N3O2S. The second kappa shape index (κ2) is 7.17. The van der Waals surface area contributed by atoms with Crippen molar-refractivity contribution in [3.8, 4) is 17.1 Å². The molecule has 1 heterocycles. The summed E-state index contributed by atoms with van der Waals surface area (Å²) in [4.78, 5) is 16.6. The number of hydrogen-bond acceptors (Lipinski definition) is 5. The molecule has 0 saturated carbocycles. The summed E-state index contributed by atoms with van der Waals surface area (Å²) in [7, 11) is 1.60. The molecule has 5 nitrogen and oxygen atoms in total. The Bertz CT molecular complexity index is 861. The maximum atomic E-state index is 12.3. The van der Waals surface area contributed by atoms with Gasteiger partial charge in [-0.1, -0.05) is 29.3 Å². The van der Waals surface area contributed by atoms with Crippen LogP contribution in [0.15, 0.2) is 42.5 Å². The highest BCUT2D eigenvalue weighted by atomic mass is 35.5. The molecule has 2 aromatic carbocycles. The van der Waals surface area contributed by atoms with Crippen molar-refractivity contribution >= 4 is 45.8 Å². The van der Waals surface area contributed by atoms with E-state index in [0.717, 1.165) is 22.8 Å². The van der Waals surface area contributed by atoms with Crippen molar-refractivity contribution in [3.05, 3.63) is 58.1 Å². The van der Waals surface area contributed by atoms with Gasteiger partial charge in [-0.2, -0.15) is 9.36 Å². The van der Waals surface area contributed by atoms with E-state index in [-0.39, 0.29) is 15.6 Å². The second-order valence-electron chi connectivity index (χ2n) is 4.70. The Balaban J connectivity index is 1.79. The Kier molecular flexibility index (Phi) is 4.99. The monoisotopic (exact) mass is 379 g/mol. The van der Waals surface area contributed by atoms with E-state index in [4.69, 9.17) is 27.9 Å². The largest absolute Gasteiger partial charge is 0.497 e. The van der Waals surface area contributed by atoms with E-state index < -0.39 is 5.91 Å². The summed E-state index contributed by atoms with van der Waals surface area (Å²) in [5.41, 5.74) is 1.03. The third-order valence-corrected chi connectivity index (χ3v) is 4.44. The van der Waals surface area contributed by atoms with Gasteiger partial charge in [-0.3, -0.25) is 10.1 Å². The molecule has 0 fully saturated rings. The van der Waals surface area contributed by atoms with Crippen molar-refractivity contribution < 1.29 is 9.53 Å². The van der Waals surface area contributed by atoms with Crippen LogP contribution in [0.4, 0.5) is 5.13 Å². The van der Waals surface area contributed by atoms with E-state index in [0.29, 0.717) is 11.0 Å². The van der Waals surface area contributed by atoms with E-state index in [1.54, 1.807) is 25.3 Å². The molecule has 24 heavy (non-hydrogen) atoms. The maximum Gasteiger partial charge on any atom is 0.260 e. The summed E-state index contributed by atoms with van der Waals surface area (Å²) in [5.74, 6) is 0.835. The minimum atomic E-state index is -0.428. The van der Waals surface area contributed by atoms with Crippen LogP contribution in [0.25, 0.3) is 11.4 Å². The van der Waals surface area contributed by atoms with Crippen molar-refractivity contribution in [3.63, 3.8) is 0 Å². The van der Waals surface area contributed by atoms with E-state index >= 15 is 0 Å². The van der Waals surface area contributed by atoms with Crippen LogP contribution in [-0.2, 0) is 0 Å². The highest BCUT2D eigenvalue weighted by Crippen LogP contribution is 2.27. The first-order chi connectivity index (χ1) is 11.6. The number of nitrogens with zero attached hydrogens (tertiary/aromatic N) is 2. The minimum absolute atomic E-state index is 0.210. The van der Waals surface area contributed by atoms with Gasteiger partial charge in [-0.15, -0.1) is 0 Å². The lowest BCUT2D eigenvalue weighted by molar-refractivity contribution is 0.102. The molecule has 0 radical (unpaired) electrons. The molecule has 0 aliphatic rings. The van der Waals surface area contributed by atoms with Gasteiger partial charge >= 0.3 is 0 Å². The van der Waals surface area contributed by atoms with E-state index in [9.17, 15) is 4.79 Å². The average Bonchev–Trinajstić information content (AvgIpc) is 3.03. The fourth-order valence-corrected chi connectivity index (χ4v) is 3.16. The predicted molar refractivity (Wildman–Crippen MR) is 96.3 cm³/mol. The molecule has 0 atom stereocenters. The second-order valence-corrected chi connectivity index (χ2v) is 6.27. The first-order valence-corrected chi connectivity index (χ1v) is 8.35. The number of methoxy groups -OCH3 is 1. The molecule has 1 amide bonds. The predicted octanol–water partition coefficient (Wildman–Crippen LogP) is 4.77. The summed E-state index contributed by atoms with van der Waals surface area (Å²) < 4.78 is 9.36. The number of nitrogens with one attached hydrogen (secondary N) is 1. The molecule has 0 saturated heterocycles. The lowest BCUT2D eigenvalue weighted by Gasteiger charge is -2.05. The number of carbonyl (C=O) groups is 1. The molecule has 0 spiro atoms. The van der Waals surface area contributed by atoms with E-state index in [1.807, 2.05) is 24.3 Å². The number of anilines is 1. The third kappa shape index (κ3) is 3.51. The molecule has 1 aromatic heterocycles. The van der Waals surface area contributed by atoms with Gasteiger partial charge in [0.25, 0.3) is 5.91 Å². The Morgan fingerprint density at radius 2 is 1.79 bits per heavy atom. The summed E-state index contributed by atoms with van der Waals surface area (Å²) in [6.07, 6.45) is 0. The first kappa shape index (κ1) is 16.7. The van der Waals surface area contributed by atoms with Gasteiger partial charge in [0, 0.05) is 17.1 Å². The van der Waals surface area contributed by atoms with Crippen molar-refractivity contribution in [2.24, 2.45) is 0 Å². The van der Waals surface area contributed by atoms with Crippen molar-refractivity contribution in [1.29, 1.82) is 0 Å². The Hall–Kier alpha value is -2.15. The molecule has 1 N–H and O–H groups in total. The molecule has 0 unspecified atom stereocenters. The van der Waals surface area contributed by atoms with Crippen molar-refractivity contribution in [2.45, 2.75) is 0 Å². The first-order valence-electron chi connectivity index (χ1n) is 6.82. The maximum absolute atomic E-state index is 12.3. The fraction of sp³-hybridized carbons (Fsp3) is 0.0625. The van der Waals surface area contributed by atoms with Crippen LogP contribution in [0, 0.1) is 0 Å². The van der Waals surface area contributed by atoms with E-state index in [2.05, 4.69) is 14.7 Å². The number of benzene rings is 2. The van der Waals surface area contributed by atoms with Gasteiger partial charge < -0.3 is 4.74 Å². The summed E-state index contributed by atoms with van der Waals surface area (Å²) in [6, 6.07) is 12.2. The zero-order valence-electron chi connectivity index (χ0n) is 12.4. The number of ether oxygens (including phenoxy) is 1. The zero-order valence-corrected chi connectivity index (χ0v) is 14.7. The van der Waals surface area contributed by atoms with Gasteiger partial charge in [0.15, 0.2) is 5.82 Å². The van der Waals surface area contributed by atoms with Crippen LogP contribution in [0.5, 0.6) is 5.75 Å². The smallest absolute Gasteiger partial charge is 0.260 e. The van der Waals surface area contributed by atoms with Crippen LogP contribution in [0.2, 0.25) is 10.0 Å². The van der Waals surface area contributed by atoms with Gasteiger partial charge in [0.1, 0.15) is 5.75 Å². The average molecular weight is 380 g/mol. The summed E-state index contributed by atoms with van der Waals surface area (Å²) >= 11 is 13.1. The summed E-state index contributed by atoms with van der Waals surface area (Å²) in [6.45, 7) is 0. The quantitative estimate of drug-likeness (QED) is 0.708. The minimum Gasteiger partial charge on any atom is -0.497 e. The highest BCUT2D eigenvalue weighted by molar-refractivity contribution is 7.10. The molecule has 3 rings (SSSR count). The molecule has 122 valence electrons. The molecule has 0 bridgehead atoms. The molecular weight excluding hydrogens is 369 g/mol. The van der Waals surface area contributed by atoms with Gasteiger partial charge in [-0.05, 0) is 36.4 Å². The highest BCUT2D eigenvalue weighted by Gasteiger charge is 2.16. The van der Waals surface area contributed by atoms with Gasteiger partial charge in [0.2, 0.25) is 5.13 Å². The van der Waals surface area contributed by atoms with Crippen LogP contribution >= 0.6 is 34.7 Å². The third-order valence-electron chi connectivity index (χ3n) is 3.18. The number of amides is 1. The number of aromatic nitrogens is 2. The number of halogens is 2. The molecule has 3 aromatic rings. The lowest BCUT2D eigenvalue weighted by atomic mass is 10.2. The molecule has 8 heteroatoms.